The average Bonchev–Trinajstić information content (AvgIpc) is 1.63. The normalized spacial score (nSPS) is 16.1. The second kappa shape index (κ2) is 32.9. The second-order valence-corrected chi connectivity index (χ2v) is 24.3. The van der Waals surface area contributed by atoms with Crippen LogP contribution in [0.25, 0.3) is 90.9 Å². The first-order valence-electron chi connectivity index (χ1n) is 32.5. The number of carboxylic acids is 4. The monoisotopic (exact) mass is 1440 g/mol. The molecule has 6 heterocycles. The summed E-state index contributed by atoms with van der Waals surface area (Å²) < 4.78 is 0. The van der Waals surface area contributed by atoms with E-state index in [1.54, 1.807) is 91.0 Å². The van der Waals surface area contributed by atoms with Crippen molar-refractivity contribution < 1.29 is 85.4 Å². The van der Waals surface area contributed by atoms with Gasteiger partial charge >= 0.3 is 40.9 Å². The number of fused-ring (bicyclic) bond motifs is 8. The van der Waals surface area contributed by atoms with Crippen molar-refractivity contribution in [3.63, 3.8) is 0 Å². The summed E-state index contributed by atoms with van der Waals surface area (Å²) in [5.74, 6) is -9.90. The first kappa shape index (κ1) is 72.9. The van der Waals surface area contributed by atoms with Crippen LogP contribution < -0.4 is 43.0 Å². The van der Waals surface area contributed by atoms with Gasteiger partial charge in [-0.1, -0.05) is 78.9 Å². The quantitative estimate of drug-likeness (QED) is 0.0144. The number of nitrogens with one attached hydrogen (secondary N) is 10. The first-order valence-corrected chi connectivity index (χ1v) is 32.5. The summed E-state index contributed by atoms with van der Waals surface area (Å²) in [4.78, 5) is 149. The number of aromatic carboxylic acids is 3. The number of unbranched alkanes of at least 4 members (excludes halogenated alkanes) is 1. The Hall–Kier alpha value is -12.8. The minimum absolute atomic E-state index is 0. The van der Waals surface area contributed by atoms with Crippen molar-refractivity contribution in [1.82, 2.24) is 57.2 Å². The minimum atomic E-state index is -1.67. The standard InChI is InChI=1S/C75H69N13O14.Cu/c76-75(77)79-36-6-10-57-68(93)80-39-61(89)85-60(38-62(90)91)71(96)88-59(37-40-7-2-1-3-8-40)70(95)87-58(69(94)86-57)9-4-5-35-78-67(92)45-19-11-41(12-20-45)63-49-27-29-51(81-49)64(42-13-21-46(22-14-42)72(97)98)53-31-33-55(83-53)66(44-17-25-48(26-18-44)74(101)102)56-34-32-54(84-56)65(52-30-28-50(63)82-52)43-15-23-47(24-16-43)73(99)100;/h1-3,7-8,11-34,57-60,81,84H,4-6,9-10,35-39H2,(H,78,92)(H,80,93)(H,85,89)(H,86,94)(H,87,95)(H,88,96)(H,90,91)(H,97,98)(H,99,100)(H,101,102)(H4,76,77,79);/q;+2/t57-,58-,59+,60-;/m0./s1. The van der Waals surface area contributed by atoms with E-state index in [9.17, 15) is 68.4 Å². The maximum atomic E-state index is 14.4. The van der Waals surface area contributed by atoms with E-state index in [4.69, 9.17) is 21.1 Å². The van der Waals surface area contributed by atoms with Crippen molar-refractivity contribution in [3.8, 4) is 44.5 Å². The molecule has 3 aliphatic rings. The predicted molar refractivity (Wildman–Crippen MR) is 380 cm³/mol. The molecule has 3 aromatic heterocycles. The fourth-order valence-electron chi connectivity index (χ4n) is 12.2. The summed E-state index contributed by atoms with van der Waals surface area (Å²) in [6, 6.07) is 36.3. The zero-order valence-corrected chi connectivity index (χ0v) is 55.7. The molecule has 0 spiro atoms. The van der Waals surface area contributed by atoms with E-state index in [0.29, 0.717) is 94.9 Å². The van der Waals surface area contributed by atoms with Gasteiger partial charge in [-0.15, -0.1) is 0 Å². The van der Waals surface area contributed by atoms with Crippen molar-refractivity contribution in [3.05, 3.63) is 202 Å². The summed E-state index contributed by atoms with van der Waals surface area (Å²) in [6.07, 6.45) is 7.01. The summed E-state index contributed by atoms with van der Waals surface area (Å²) in [5.41, 5.74) is 15.8. The van der Waals surface area contributed by atoms with Crippen LogP contribution >= 0.6 is 0 Å². The van der Waals surface area contributed by atoms with Crippen LogP contribution in [0.5, 0.6) is 0 Å². The number of rotatable bonds is 21. The largest absolute Gasteiger partial charge is 2.00 e. The second-order valence-electron chi connectivity index (χ2n) is 24.3. The summed E-state index contributed by atoms with van der Waals surface area (Å²) in [7, 11) is 0. The van der Waals surface area contributed by atoms with Crippen molar-refractivity contribution >= 4 is 112 Å². The molecule has 0 aliphatic carbocycles. The minimum Gasteiger partial charge on any atom is -0.481 e. The number of benzene rings is 5. The first-order chi connectivity index (χ1) is 49.1. The van der Waals surface area contributed by atoms with Crippen molar-refractivity contribution in [2.24, 2.45) is 5.73 Å². The Morgan fingerprint density at radius 2 is 0.825 bits per heavy atom. The molecule has 527 valence electrons. The van der Waals surface area contributed by atoms with E-state index < -0.39 is 96.5 Å². The van der Waals surface area contributed by atoms with Crippen LogP contribution in [-0.4, -0.2) is 149 Å². The van der Waals surface area contributed by atoms with Crippen LogP contribution in [0.15, 0.2) is 152 Å². The van der Waals surface area contributed by atoms with Gasteiger partial charge in [0.2, 0.25) is 29.5 Å². The molecule has 1 radical (unpaired) electrons. The average molecular weight is 1440 g/mol. The van der Waals surface area contributed by atoms with E-state index in [2.05, 4.69) is 47.2 Å². The topological polar surface area (TPSA) is 443 Å². The maximum Gasteiger partial charge on any atom is 2.00 e. The number of H-pyrrole nitrogens is 2. The number of carbonyl (C=O) groups excluding carboxylic acids is 6. The van der Waals surface area contributed by atoms with E-state index >= 15 is 0 Å². The maximum absolute atomic E-state index is 14.4. The van der Waals surface area contributed by atoms with Crippen LogP contribution in [0.2, 0.25) is 0 Å². The fourth-order valence-corrected chi connectivity index (χ4v) is 12.2. The number of aliphatic carboxylic acids is 1. The molecular weight excluding hydrogens is 1370 g/mol. The molecule has 3 aliphatic heterocycles. The molecule has 1 saturated heterocycles. The third kappa shape index (κ3) is 17.8. The number of aromatic nitrogens is 4. The van der Waals surface area contributed by atoms with E-state index in [1.165, 1.54) is 36.4 Å². The van der Waals surface area contributed by atoms with E-state index in [1.807, 2.05) is 48.6 Å². The van der Waals surface area contributed by atoms with Crippen LogP contribution in [0.3, 0.4) is 0 Å². The molecule has 28 heteroatoms. The molecule has 27 nitrogen and oxygen atoms in total. The van der Waals surface area contributed by atoms with Crippen molar-refractivity contribution in [1.29, 1.82) is 5.41 Å². The third-order valence-corrected chi connectivity index (χ3v) is 17.3. The molecule has 103 heavy (non-hydrogen) atoms. The Kier molecular flexibility index (Phi) is 23.3. The summed E-state index contributed by atoms with van der Waals surface area (Å²) in [5, 5.41) is 65.1. The summed E-state index contributed by atoms with van der Waals surface area (Å²) in [6.45, 7) is -0.475. The Labute approximate surface area is 597 Å². The molecule has 8 aromatic rings. The Morgan fingerprint density at radius 3 is 1.24 bits per heavy atom. The predicted octanol–water partition coefficient (Wildman–Crippen LogP) is 7.37. The fraction of sp³-hybridized carbons (Fsp3) is 0.187. The van der Waals surface area contributed by atoms with Crippen LogP contribution in [0.4, 0.5) is 0 Å². The van der Waals surface area contributed by atoms with Crippen molar-refractivity contribution in [2.75, 3.05) is 19.6 Å². The number of hydrogen-bond acceptors (Lipinski definition) is 13. The van der Waals surface area contributed by atoms with Crippen molar-refractivity contribution in [2.45, 2.75) is 69.1 Å². The van der Waals surface area contributed by atoms with Gasteiger partial charge in [-0.2, -0.15) is 0 Å². The number of aromatic amines is 2. The smallest absolute Gasteiger partial charge is 0.481 e. The summed E-state index contributed by atoms with van der Waals surface area (Å²) >= 11 is 0. The van der Waals surface area contributed by atoms with Crippen LogP contribution in [0.1, 0.15) is 108 Å². The Bertz CT molecular complexity index is 4830. The van der Waals surface area contributed by atoms with E-state index in [0.717, 1.165) is 0 Å². The van der Waals surface area contributed by atoms with Gasteiger partial charge in [0.1, 0.15) is 24.2 Å². The third-order valence-electron chi connectivity index (χ3n) is 17.3. The van der Waals surface area contributed by atoms with Gasteiger partial charge in [0.05, 0.1) is 52.4 Å². The van der Waals surface area contributed by atoms with E-state index in [-0.39, 0.29) is 96.9 Å². The molecule has 8 bridgehead atoms. The number of nitrogens with two attached hydrogens (primary N) is 1. The SMILES string of the molecule is N=C(N)NCCC[C@@H]1NC(=O)[C@H](CCCCNC(=O)c2ccc(-c3c4nc(c(-c5ccc(C(=O)O)cc5)c5ccc([nH]5)c(-c5ccc(C(=O)O)cc5)c5nc(c(-c6ccc(C(=O)O)cc6)c6ccc3[nH]6)C=C5)C=C4)cc2)NC(=O)[C@@H](Cc2ccccc2)NC(=O)[C@H](CC(=O)O)NC(=O)CNC1=O.[Cu+2]. The molecule has 16 N–H and O–H groups in total. The van der Waals surface area contributed by atoms with Gasteiger partial charge < -0.3 is 73.3 Å². The molecule has 11 rings (SSSR count). The molecule has 0 unspecified atom stereocenters. The van der Waals surface area contributed by atoms with Gasteiger partial charge in [-0.3, -0.25) is 39.0 Å². The number of guanidine groups is 1. The number of amides is 6. The molecule has 5 aromatic carbocycles. The van der Waals surface area contributed by atoms with Crippen LogP contribution in [0, 0.1) is 5.41 Å². The Morgan fingerprint density at radius 1 is 0.447 bits per heavy atom. The zero-order chi connectivity index (χ0) is 72.1. The molecular formula is C75H69CuN13O14+2. The van der Waals surface area contributed by atoms with Gasteiger partial charge in [-0.05, 0) is 157 Å². The molecule has 0 saturated carbocycles. The van der Waals surface area contributed by atoms with Gasteiger partial charge in [-0.25, -0.2) is 24.4 Å². The number of carbonyl (C=O) groups is 10. The molecule has 6 amide bonds. The number of nitrogens with zero attached hydrogens (tertiary/aromatic N) is 2. The van der Waals surface area contributed by atoms with Gasteiger partial charge in [0.25, 0.3) is 5.91 Å². The van der Waals surface area contributed by atoms with Crippen LogP contribution in [-0.2, 0) is 52.3 Å². The number of hydrogen-bond donors (Lipinski definition) is 15. The molecule has 1 fully saturated rings. The number of carboxylic acid groups (broad SMARTS) is 4. The van der Waals surface area contributed by atoms with Gasteiger partial charge in [0.15, 0.2) is 5.96 Å². The van der Waals surface area contributed by atoms with Gasteiger partial charge in [0, 0.05) is 69.4 Å². The Balaban J connectivity index is 0.0000114. The zero-order valence-electron chi connectivity index (χ0n) is 54.8. The molecule has 4 atom stereocenters.